The van der Waals surface area contributed by atoms with Gasteiger partial charge in [0, 0.05) is 0 Å². The van der Waals surface area contributed by atoms with Gasteiger partial charge in [-0.1, -0.05) is 11.6 Å². The van der Waals surface area contributed by atoms with E-state index in [-0.39, 0.29) is 0 Å². The van der Waals surface area contributed by atoms with Crippen LogP contribution in [0, 0.1) is 0 Å². The Kier molecular flexibility index (Phi) is 2.58. The molecule has 5 nitrogen and oxygen atoms in total. The van der Waals surface area contributed by atoms with Gasteiger partial charge in [0.25, 0.3) is 0 Å². The fourth-order valence-electron chi connectivity index (χ4n) is 1.12. The number of halogens is 1. The maximum absolute atomic E-state index is 10.1. The molecule has 0 fully saturated rings. The molecular formula is C9H5ClN4O. The van der Waals surface area contributed by atoms with Crippen molar-refractivity contribution in [3.05, 3.63) is 35.6 Å². The Balaban J connectivity index is 2.55. The first kappa shape index (κ1) is 9.58. The molecule has 0 spiro atoms. The molecule has 0 bridgehead atoms. The highest BCUT2D eigenvalue weighted by atomic mass is 35.5. The number of isocyanates is 1. The minimum Gasteiger partial charge on any atom is -0.211 e. The van der Waals surface area contributed by atoms with Crippen LogP contribution in [0.15, 0.2) is 35.6 Å². The third-order valence-electron chi connectivity index (χ3n) is 1.74. The summed E-state index contributed by atoms with van der Waals surface area (Å²) in [6, 6.07) is 4.84. The lowest BCUT2D eigenvalue weighted by atomic mass is 10.3. The molecule has 0 saturated carbocycles. The van der Waals surface area contributed by atoms with Crippen LogP contribution in [0.3, 0.4) is 0 Å². The molecule has 6 heteroatoms. The molecule has 0 N–H and O–H groups in total. The van der Waals surface area contributed by atoms with Gasteiger partial charge in [-0.2, -0.15) is 20.0 Å². The number of rotatable bonds is 2. The number of carbonyl (C=O) groups excluding carboxylic acids is 1. The Bertz CT molecular complexity index is 517. The quantitative estimate of drug-likeness (QED) is 0.574. The number of hydrogen-bond donors (Lipinski definition) is 0. The van der Waals surface area contributed by atoms with Crippen molar-refractivity contribution in [2.45, 2.75) is 0 Å². The zero-order valence-corrected chi connectivity index (χ0v) is 8.22. The lowest BCUT2D eigenvalue weighted by Crippen LogP contribution is -1.98. The fraction of sp³-hybridized carbons (Fsp3) is 0. The molecule has 74 valence electrons. The van der Waals surface area contributed by atoms with E-state index in [0.717, 1.165) is 0 Å². The van der Waals surface area contributed by atoms with Gasteiger partial charge >= 0.3 is 0 Å². The molecule has 2 aromatic rings. The summed E-state index contributed by atoms with van der Waals surface area (Å²) in [5.41, 5.74) is 1.03. The highest BCUT2D eigenvalue weighted by Crippen LogP contribution is 2.24. The van der Waals surface area contributed by atoms with E-state index in [0.29, 0.717) is 16.4 Å². The monoisotopic (exact) mass is 220 g/mol. The van der Waals surface area contributed by atoms with Crippen LogP contribution in [-0.2, 0) is 4.79 Å². The normalized spacial score (nSPS) is 9.67. The third-order valence-corrected chi connectivity index (χ3v) is 2.06. The molecule has 0 unspecified atom stereocenters. The van der Waals surface area contributed by atoms with Crippen molar-refractivity contribution >= 4 is 23.4 Å². The second-order valence-corrected chi connectivity index (χ2v) is 3.06. The number of hydrogen-bond acceptors (Lipinski definition) is 4. The van der Waals surface area contributed by atoms with Gasteiger partial charge in [0.1, 0.15) is 5.69 Å². The number of aliphatic imine (C=N–C) groups is 1. The highest BCUT2D eigenvalue weighted by molar-refractivity contribution is 6.32. The first-order valence-electron chi connectivity index (χ1n) is 4.05. The van der Waals surface area contributed by atoms with Gasteiger partial charge in [0.05, 0.1) is 23.1 Å². The first-order valence-corrected chi connectivity index (χ1v) is 4.43. The van der Waals surface area contributed by atoms with E-state index < -0.39 is 0 Å². The largest absolute Gasteiger partial charge is 0.240 e. The van der Waals surface area contributed by atoms with Crippen molar-refractivity contribution in [1.29, 1.82) is 0 Å². The maximum Gasteiger partial charge on any atom is 0.240 e. The summed E-state index contributed by atoms with van der Waals surface area (Å²) >= 11 is 5.95. The van der Waals surface area contributed by atoms with E-state index >= 15 is 0 Å². The molecule has 0 radical (unpaired) electrons. The summed E-state index contributed by atoms with van der Waals surface area (Å²) in [7, 11) is 0. The molecular weight excluding hydrogens is 216 g/mol. The number of aromatic nitrogens is 3. The minimum atomic E-state index is 0.460. The van der Waals surface area contributed by atoms with E-state index in [2.05, 4.69) is 15.2 Å². The molecule has 1 heterocycles. The van der Waals surface area contributed by atoms with Gasteiger partial charge in [-0.15, -0.1) is 0 Å². The molecule has 0 saturated heterocycles. The third kappa shape index (κ3) is 1.93. The first-order chi connectivity index (χ1) is 7.31. The van der Waals surface area contributed by atoms with Crippen LogP contribution in [0.4, 0.5) is 5.69 Å². The Labute approximate surface area is 90.0 Å². The van der Waals surface area contributed by atoms with Gasteiger partial charge in [0.2, 0.25) is 6.08 Å². The number of benzene rings is 1. The second kappa shape index (κ2) is 4.04. The summed E-state index contributed by atoms with van der Waals surface area (Å²) in [5, 5.41) is 8.34. The molecule has 0 aliphatic rings. The van der Waals surface area contributed by atoms with E-state index in [1.165, 1.54) is 23.3 Å². The zero-order chi connectivity index (χ0) is 10.7. The molecule has 0 amide bonds. The number of nitrogens with zero attached hydrogens (tertiary/aromatic N) is 4. The van der Waals surface area contributed by atoms with Crippen LogP contribution in [0.1, 0.15) is 0 Å². The summed E-state index contributed by atoms with van der Waals surface area (Å²) < 4.78 is 0. The second-order valence-electron chi connectivity index (χ2n) is 2.66. The molecule has 0 aliphatic carbocycles. The van der Waals surface area contributed by atoms with Crippen LogP contribution in [0.25, 0.3) is 5.69 Å². The van der Waals surface area contributed by atoms with Gasteiger partial charge in [-0.25, -0.2) is 4.79 Å². The van der Waals surface area contributed by atoms with Crippen molar-refractivity contribution in [3.8, 4) is 5.69 Å². The fourth-order valence-corrected chi connectivity index (χ4v) is 1.31. The Morgan fingerprint density at radius 2 is 2.07 bits per heavy atom. The molecule has 1 aromatic heterocycles. The van der Waals surface area contributed by atoms with Crippen molar-refractivity contribution in [2.75, 3.05) is 0 Å². The lowest BCUT2D eigenvalue weighted by Gasteiger charge is -2.02. The van der Waals surface area contributed by atoms with Crippen molar-refractivity contribution in [3.63, 3.8) is 0 Å². The average molecular weight is 221 g/mol. The maximum atomic E-state index is 10.1. The van der Waals surface area contributed by atoms with Crippen LogP contribution in [0.5, 0.6) is 0 Å². The van der Waals surface area contributed by atoms with Crippen LogP contribution < -0.4 is 0 Å². The minimum absolute atomic E-state index is 0.460. The van der Waals surface area contributed by atoms with Crippen molar-refractivity contribution in [2.24, 2.45) is 4.99 Å². The smallest absolute Gasteiger partial charge is 0.211 e. The van der Waals surface area contributed by atoms with Gasteiger partial charge < -0.3 is 0 Å². The molecule has 2 rings (SSSR count). The van der Waals surface area contributed by atoms with Crippen LogP contribution in [0.2, 0.25) is 5.02 Å². The van der Waals surface area contributed by atoms with Gasteiger partial charge in [0.15, 0.2) is 0 Å². The predicted octanol–water partition coefficient (Wildman–Crippen LogP) is 1.89. The summed E-state index contributed by atoms with van der Waals surface area (Å²) in [5.74, 6) is 0. The SMILES string of the molecule is O=C=Nc1ccc(Cl)c(-n2nccn2)c1. The van der Waals surface area contributed by atoms with E-state index in [4.69, 9.17) is 11.6 Å². The molecule has 1 aromatic carbocycles. The molecule has 0 atom stereocenters. The van der Waals surface area contributed by atoms with Crippen LogP contribution >= 0.6 is 11.6 Å². The van der Waals surface area contributed by atoms with Crippen LogP contribution in [-0.4, -0.2) is 21.1 Å². The highest BCUT2D eigenvalue weighted by Gasteiger charge is 2.04. The summed E-state index contributed by atoms with van der Waals surface area (Å²) in [6.45, 7) is 0. The van der Waals surface area contributed by atoms with E-state index in [9.17, 15) is 4.79 Å². The molecule has 0 aliphatic heterocycles. The summed E-state index contributed by atoms with van der Waals surface area (Å²) in [6.07, 6.45) is 4.53. The Morgan fingerprint density at radius 1 is 1.33 bits per heavy atom. The Morgan fingerprint density at radius 3 is 2.73 bits per heavy atom. The predicted molar refractivity (Wildman–Crippen MR) is 54.2 cm³/mol. The van der Waals surface area contributed by atoms with Crippen molar-refractivity contribution in [1.82, 2.24) is 15.0 Å². The van der Waals surface area contributed by atoms with Gasteiger partial charge in [-0.05, 0) is 18.2 Å². The van der Waals surface area contributed by atoms with E-state index in [1.807, 2.05) is 0 Å². The molecule has 15 heavy (non-hydrogen) atoms. The lowest BCUT2D eigenvalue weighted by molar-refractivity contribution is 0.565. The zero-order valence-electron chi connectivity index (χ0n) is 7.46. The van der Waals surface area contributed by atoms with Gasteiger partial charge in [-0.3, -0.25) is 0 Å². The topological polar surface area (TPSA) is 60.1 Å². The standard InChI is InChI=1S/C9H5ClN4O/c10-8-2-1-7(11-6-15)5-9(8)14-12-3-4-13-14/h1-5H. The van der Waals surface area contributed by atoms with E-state index in [1.54, 1.807) is 18.2 Å². The average Bonchev–Trinajstić information content (AvgIpc) is 2.74. The Hall–Kier alpha value is -1.97. The summed E-state index contributed by atoms with van der Waals surface area (Å²) in [4.78, 5) is 14.9. The van der Waals surface area contributed by atoms with Crippen molar-refractivity contribution < 1.29 is 4.79 Å².